The van der Waals surface area contributed by atoms with Crippen LogP contribution in [-0.2, 0) is 32.1 Å². The molecule has 0 saturated carbocycles. The van der Waals surface area contributed by atoms with E-state index in [0.29, 0.717) is 35.8 Å². The molecule has 16 nitrogen and oxygen atoms in total. The molecule has 2 aliphatic rings. The standard InChI is InChI=1S/C36H46FN9O7S/c1-21(2)33-23(15-31(49)40-11-13-45-19-26(43-44-45)29-18-41-36(38)54-29)8-9-30(48)39-10-4-6-22(3)14-25(47)16-24(37)17-32-42-27(20-52-32)34(50)46-12-5-7-28(46)35(51)53-33/h4,6,8-9,14,18-21,23-25,28,33,47H,5,7,10-13,15-17H2,1-3H3,(H2,38,41)(H,39,48)(H,40,49)/b6-4+,9-8+,22-14+/t23-,24+,25+,28+,33+/m0/s1. The van der Waals surface area contributed by atoms with E-state index < -0.39 is 48.1 Å². The number of esters is 1. The minimum Gasteiger partial charge on any atom is -0.460 e. The summed E-state index contributed by atoms with van der Waals surface area (Å²) in [6.07, 6.45) is 9.05. The van der Waals surface area contributed by atoms with Gasteiger partial charge in [0.25, 0.3) is 5.91 Å². The number of nitrogens with one attached hydrogen (secondary N) is 2. The zero-order valence-electron chi connectivity index (χ0n) is 30.4. The molecule has 290 valence electrons. The van der Waals surface area contributed by atoms with Crippen LogP contribution in [0.1, 0.15) is 62.8 Å². The third kappa shape index (κ3) is 11.1. The van der Waals surface area contributed by atoms with Gasteiger partial charge >= 0.3 is 5.97 Å². The quantitative estimate of drug-likeness (QED) is 0.255. The van der Waals surface area contributed by atoms with Crippen LogP contribution >= 0.6 is 11.3 Å². The Hall–Kier alpha value is -5.23. The van der Waals surface area contributed by atoms with E-state index in [1.54, 1.807) is 42.2 Å². The lowest BCUT2D eigenvalue weighted by Gasteiger charge is -2.30. The van der Waals surface area contributed by atoms with Crippen molar-refractivity contribution in [1.29, 1.82) is 0 Å². The molecule has 0 aromatic carbocycles. The predicted molar refractivity (Wildman–Crippen MR) is 196 cm³/mol. The van der Waals surface area contributed by atoms with Gasteiger partial charge in [-0.2, -0.15) is 0 Å². The molecule has 3 aromatic heterocycles. The number of thiazole rings is 1. The van der Waals surface area contributed by atoms with Crippen LogP contribution in [0.2, 0.25) is 0 Å². The fourth-order valence-corrected chi connectivity index (χ4v) is 6.92. The van der Waals surface area contributed by atoms with E-state index in [9.17, 15) is 28.7 Å². The number of aliphatic hydroxyl groups is 1. The molecule has 3 amide bonds. The van der Waals surface area contributed by atoms with Crippen molar-refractivity contribution in [3.8, 4) is 10.6 Å². The van der Waals surface area contributed by atoms with Crippen LogP contribution in [0.25, 0.3) is 10.6 Å². The molecule has 54 heavy (non-hydrogen) atoms. The van der Waals surface area contributed by atoms with Gasteiger partial charge in [-0.1, -0.05) is 60.3 Å². The summed E-state index contributed by atoms with van der Waals surface area (Å²) < 4.78 is 27.9. The molecule has 1 fully saturated rings. The fraction of sp³-hybridized carbons (Fsp3) is 0.500. The maximum atomic E-state index is 14.8. The highest BCUT2D eigenvalue weighted by Gasteiger charge is 2.39. The lowest BCUT2D eigenvalue weighted by atomic mass is 9.89. The molecule has 3 aromatic rings. The van der Waals surface area contributed by atoms with Crippen molar-refractivity contribution < 1.29 is 37.8 Å². The molecule has 5 atom stereocenters. The second-order valence-electron chi connectivity index (χ2n) is 13.6. The zero-order valence-corrected chi connectivity index (χ0v) is 31.2. The second-order valence-corrected chi connectivity index (χ2v) is 14.7. The number of carbonyl (C=O) groups excluding carboxylic acids is 4. The van der Waals surface area contributed by atoms with E-state index in [1.165, 1.54) is 28.4 Å². The molecule has 2 bridgehead atoms. The predicted octanol–water partition coefficient (Wildman–Crippen LogP) is 2.79. The summed E-state index contributed by atoms with van der Waals surface area (Å²) in [7, 11) is 0. The Morgan fingerprint density at radius 1 is 1.24 bits per heavy atom. The van der Waals surface area contributed by atoms with Crippen molar-refractivity contribution in [3.63, 3.8) is 0 Å². The molecule has 0 unspecified atom stereocenters. The molecule has 18 heteroatoms. The van der Waals surface area contributed by atoms with Gasteiger partial charge in [0.15, 0.2) is 16.7 Å². The maximum absolute atomic E-state index is 14.8. The SMILES string of the molecule is CC1=C\[C@@H](O)C[C@@H](F)Cc2nc(co2)C(=O)N2CCC[C@@H]2C(=O)O[C@H](C(C)C)[C@H](CC(=O)NCCn2cc(-c3cnc(N)s3)nn2)/C=C/C(=O)NC\C=C\1. The summed E-state index contributed by atoms with van der Waals surface area (Å²) in [4.78, 5) is 63.8. The topological polar surface area (TPSA) is 221 Å². The summed E-state index contributed by atoms with van der Waals surface area (Å²) in [5.74, 6) is -3.01. The monoisotopic (exact) mass is 767 g/mol. The van der Waals surface area contributed by atoms with Crippen LogP contribution in [0.15, 0.2) is 59.0 Å². The number of halogens is 1. The first kappa shape index (κ1) is 40.0. The van der Waals surface area contributed by atoms with Crippen molar-refractivity contribution in [1.82, 2.24) is 40.5 Å². The molecule has 1 saturated heterocycles. The molecule has 5 heterocycles. The fourth-order valence-electron chi connectivity index (χ4n) is 6.29. The summed E-state index contributed by atoms with van der Waals surface area (Å²) in [5, 5.41) is 24.7. The lowest BCUT2D eigenvalue weighted by molar-refractivity contribution is -0.159. The molecular weight excluding hydrogens is 722 g/mol. The number of aromatic nitrogens is 5. The van der Waals surface area contributed by atoms with Crippen molar-refractivity contribution in [3.05, 3.63) is 66.2 Å². The summed E-state index contributed by atoms with van der Waals surface area (Å²) >= 11 is 1.28. The zero-order chi connectivity index (χ0) is 38.8. The normalized spacial score (nSPS) is 25.7. The number of amides is 3. The summed E-state index contributed by atoms with van der Waals surface area (Å²) in [6, 6.07) is -0.929. The first-order chi connectivity index (χ1) is 25.9. The average molecular weight is 768 g/mol. The van der Waals surface area contributed by atoms with Crippen molar-refractivity contribution >= 4 is 40.2 Å². The number of hydrogen-bond donors (Lipinski definition) is 4. The minimum absolute atomic E-state index is 0.00791. The van der Waals surface area contributed by atoms with E-state index in [2.05, 4.69) is 30.9 Å². The largest absolute Gasteiger partial charge is 0.460 e. The van der Waals surface area contributed by atoms with Gasteiger partial charge in [0.2, 0.25) is 11.8 Å². The van der Waals surface area contributed by atoms with Crippen LogP contribution < -0.4 is 16.4 Å². The van der Waals surface area contributed by atoms with Crippen LogP contribution in [0.5, 0.6) is 0 Å². The maximum Gasteiger partial charge on any atom is 0.329 e. The lowest BCUT2D eigenvalue weighted by Crippen LogP contribution is -2.44. The van der Waals surface area contributed by atoms with Crippen LogP contribution in [0.3, 0.4) is 0 Å². The van der Waals surface area contributed by atoms with E-state index >= 15 is 0 Å². The van der Waals surface area contributed by atoms with Gasteiger partial charge in [0.1, 0.15) is 30.3 Å². The minimum atomic E-state index is -1.50. The van der Waals surface area contributed by atoms with E-state index in [4.69, 9.17) is 14.9 Å². The number of nitrogens with zero attached hydrogens (tertiary/aromatic N) is 6. The van der Waals surface area contributed by atoms with E-state index in [0.717, 1.165) is 11.1 Å². The van der Waals surface area contributed by atoms with Gasteiger partial charge < -0.3 is 35.5 Å². The van der Waals surface area contributed by atoms with Gasteiger partial charge in [-0.15, -0.1) is 5.10 Å². The van der Waals surface area contributed by atoms with Gasteiger partial charge in [0, 0.05) is 44.6 Å². The highest BCUT2D eigenvalue weighted by Crippen LogP contribution is 2.28. The summed E-state index contributed by atoms with van der Waals surface area (Å²) in [5.41, 5.74) is 6.91. The van der Waals surface area contributed by atoms with Crippen molar-refractivity contribution in [2.45, 2.75) is 83.8 Å². The van der Waals surface area contributed by atoms with Gasteiger partial charge in [0.05, 0.1) is 30.1 Å². The Balaban J connectivity index is 1.32. The van der Waals surface area contributed by atoms with E-state index in [-0.39, 0.29) is 62.3 Å². The molecule has 0 radical (unpaired) electrons. The number of oxazole rings is 1. The van der Waals surface area contributed by atoms with Crippen LogP contribution in [0.4, 0.5) is 9.52 Å². The Bertz CT molecular complexity index is 1870. The summed E-state index contributed by atoms with van der Waals surface area (Å²) in [6.45, 7) is 6.39. The molecule has 5 rings (SSSR count). The molecule has 2 aliphatic heterocycles. The number of alkyl halides is 1. The highest BCUT2D eigenvalue weighted by molar-refractivity contribution is 7.18. The van der Waals surface area contributed by atoms with Gasteiger partial charge in [-0.25, -0.2) is 19.2 Å². The number of anilines is 1. The molecule has 0 spiro atoms. The smallest absolute Gasteiger partial charge is 0.329 e. The number of rotatable bonds is 7. The third-order valence-electron chi connectivity index (χ3n) is 8.91. The third-order valence-corrected chi connectivity index (χ3v) is 9.75. The number of ether oxygens (including phenoxy) is 1. The Morgan fingerprint density at radius 3 is 2.81 bits per heavy atom. The van der Waals surface area contributed by atoms with Crippen molar-refractivity contribution in [2.24, 2.45) is 11.8 Å². The number of allylic oxidation sites excluding steroid dienone is 2. The number of hydrogen-bond acceptors (Lipinski definition) is 13. The number of nitrogen functional groups attached to an aromatic ring is 1. The van der Waals surface area contributed by atoms with Crippen LogP contribution in [0, 0.1) is 11.8 Å². The Morgan fingerprint density at radius 2 is 2.06 bits per heavy atom. The first-order valence-corrected chi connectivity index (χ1v) is 18.7. The Labute approximate surface area is 315 Å². The highest BCUT2D eigenvalue weighted by atomic mass is 32.1. The number of cyclic esters (lactones) is 1. The molecule has 0 aliphatic carbocycles. The number of fused-ring (bicyclic) bond motifs is 3. The van der Waals surface area contributed by atoms with E-state index in [1.807, 2.05) is 13.8 Å². The van der Waals surface area contributed by atoms with Gasteiger partial charge in [-0.3, -0.25) is 19.1 Å². The number of nitrogens with two attached hydrogens (primary N) is 1. The second kappa shape index (κ2) is 18.7. The number of aliphatic hydroxyl groups excluding tert-OH is 1. The Kier molecular flexibility index (Phi) is 13.8. The average Bonchev–Trinajstić information content (AvgIpc) is 3.94. The van der Waals surface area contributed by atoms with Crippen LogP contribution in [-0.4, -0.2) is 103 Å². The molecular formula is C36H46FN9O7S. The van der Waals surface area contributed by atoms with Gasteiger partial charge in [-0.05, 0) is 31.8 Å². The first-order valence-electron chi connectivity index (χ1n) is 17.8. The van der Waals surface area contributed by atoms with Crippen molar-refractivity contribution in [2.75, 3.05) is 25.4 Å². The molecule has 5 N–H and O–H groups in total. The number of carbonyl (C=O) groups is 4.